The van der Waals surface area contributed by atoms with Crippen molar-refractivity contribution in [3.8, 4) is 44.5 Å². The van der Waals surface area contributed by atoms with E-state index in [1.807, 2.05) is 0 Å². The van der Waals surface area contributed by atoms with E-state index in [1.165, 1.54) is 61.9 Å². The normalized spacial score (nSPS) is 15.9. The van der Waals surface area contributed by atoms with Crippen molar-refractivity contribution in [2.24, 2.45) is 0 Å². The predicted molar refractivity (Wildman–Crippen MR) is 232 cm³/mol. The van der Waals surface area contributed by atoms with Gasteiger partial charge in [0.1, 0.15) is 0 Å². The Morgan fingerprint density at radius 3 is 1.38 bits per heavy atom. The number of hydrogen-bond donors (Lipinski definition) is 1. The summed E-state index contributed by atoms with van der Waals surface area (Å²) in [6, 6.07) is 52.8. The summed E-state index contributed by atoms with van der Waals surface area (Å²) in [5.74, 6) is -0.935. The molecule has 0 spiro atoms. The molecule has 3 aliphatic heterocycles. The van der Waals surface area contributed by atoms with Gasteiger partial charge < -0.3 is 39.3 Å². The average Bonchev–Trinajstić information content (AvgIpc) is 4.02. The van der Waals surface area contributed by atoms with Crippen LogP contribution in [0, 0.1) is 32.1 Å². The molecule has 0 atom stereocenters. The maximum atomic E-state index is 10.2. The molecule has 0 bridgehead atoms. The van der Waals surface area contributed by atoms with Gasteiger partial charge in [0.2, 0.25) is 5.97 Å². The summed E-state index contributed by atoms with van der Waals surface area (Å²) in [6.45, 7) is 12.6. The van der Waals surface area contributed by atoms with Gasteiger partial charge in [-0.1, -0.05) is 71.8 Å². The maximum Gasteiger partial charge on any atom is 0.247 e. The first-order valence-corrected chi connectivity index (χ1v) is 19.4. The first-order valence-electron chi connectivity index (χ1n) is 19.4. The largest absolute Gasteiger partial charge is 0.528 e. The van der Waals surface area contributed by atoms with Crippen molar-refractivity contribution in [1.29, 1.82) is 0 Å². The van der Waals surface area contributed by atoms with Crippen LogP contribution in [0.5, 0.6) is 0 Å². The third-order valence-electron chi connectivity index (χ3n) is 10.7. The second kappa shape index (κ2) is 18.5. The van der Waals surface area contributed by atoms with Crippen LogP contribution in [0.25, 0.3) is 44.5 Å². The van der Waals surface area contributed by atoms with E-state index in [1.54, 1.807) is 18.2 Å². The second-order valence-corrected chi connectivity index (χ2v) is 14.8. The summed E-state index contributed by atoms with van der Waals surface area (Å²) in [6.07, 6.45) is 0. The van der Waals surface area contributed by atoms with Crippen LogP contribution in [0.3, 0.4) is 0 Å². The maximum absolute atomic E-state index is 10.2. The van der Waals surface area contributed by atoms with E-state index >= 15 is 0 Å². The van der Waals surface area contributed by atoms with Crippen molar-refractivity contribution < 1.29 is 30.0 Å². The Morgan fingerprint density at radius 2 is 0.966 bits per heavy atom. The smallest absolute Gasteiger partial charge is 0.247 e. The molecule has 1 N–H and O–H groups in total. The van der Waals surface area contributed by atoms with E-state index in [0.29, 0.717) is 0 Å². The second-order valence-electron chi connectivity index (χ2n) is 14.8. The van der Waals surface area contributed by atoms with Gasteiger partial charge in [0.05, 0.1) is 0 Å². The van der Waals surface area contributed by atoms with E-state index in [4.69, 9.17) is 5.11 Å². The van der Waals surface area contributed by atoms with Crippen LogP contribution in [-0.2, 0) is 20.1 Å². The quantitative estimate of drug-likeness (QED) is 0.152. The first kappa shape index (κ1) is 40.9. The molecule has 8 nitrogen and oxygen atoms in total. The summed E-state index contributed by atoms with van der Waals surface area (Å²) >= 11 is 0. The van der Waals surface area contributed by atoms with Gasteiger partial charge in [0.15, 0.2) is 0 Å². The van der Waals surface area contributed by atoms with Crippen LogP contribution >= 0.6 is 0 Å². The van der Waals surface area contributed by atoms with Crippen molar-refractivity contribution in [3.63, 3.8) is 0 Å². The van der Waals surface area contributed by atoms with Crippen molar-refractivity contribution in [3.05, 3.63) is 171 Å². The van der Waals surface area contributed by atoms with Crippen LogP contribution in [0.1, 0.15) is 10.4 Å². The Balaban J connectivity index is 0.000000455. The van der Waals surface area contributed by atoms with E-state index in [2.05, 4.69) is 192 Å². The third kappa shape index (κ3) is 9.20. The van der Waals surface area contributed by atoms with Gasteiger partial charge in [-0.05, 0) is 99.9 Å². The molecule has 9 rings (SSSR count). The van der Waals surface area contributed by atoms with Crippen molar-refractivity contribution >= 4 is 23.0 Å². The molecule has 3 heterocycles. The zero-order chi connectivity index (χ0) is 39.3. The van der Waals surface area contributed by atoms with Gasteiger partial charge in [-0.3, -0.25) is 0 Å². The topological polar surface area (TPSA) is 56.7 Å². The van der Waals surface area contributed by atoms with Crippen LogP contribution < -0.4 is 14.7 Å². The van der Waals surface area contributed by atoms with Crippen molar-refractivity contribution in [1.82, 2.24) is 14.7 Å². The Bertz CT molecular complexity index is 2240. The molecule has 6 aromatic carbocycles. The van der Waals surface area contributed by atoms with Gasteiger partial charge in [-0.2, -0.15) is 38.2 Å². The predicted octanol–water partition coefficient (Wildman–Crippen LogP) is 8.95. The SMILES string of the molecule is CN1[CH-]N(c2[c-]cc(-c3ccccc3-c3cc(-c4ccccc4N4[CH-]N(C)CC4)cc(-c4ccccc4N4[CH-]N(C)CC4)c3)cc2)CC1.O=C(O)c1[c-]cccc1.[Ir]. The minimum absolute atomic E-state index is 0. The van der Waals surface area contributed by atoms with Crippen molar-refractivity contribution in [2.75, 3.05) is 75.1 Å². The molecule has 0 saturated carbocycles. The number of anilines is 3. The number of para-hydroxylation sites is 2. The number of carboxylic acid groups (broad SMARTS) is 1. The molecule has 3 aliphatic rings. The average molecular weight is 944 g/mol. The number of carbonyl (C=O) groups is 1. The Morgan fingerprint density at radius 1 is 0.517 bits per heavy atom. The summed E-state index contributed by atoms with van der Waals surface area (Å²) in [7, 11) is 6.41. The van der Waals surface area contributed by atoms with Crippen LogP contribution in [0.15, 0.2) is 133 Å². The molecular weight excluding hydrogens is 897 g/mol. The molecule has 6 aromatic rings. The Kier molecular flexibility index (Phi) is 13.1. The molecule has 1 radical (unpaired) electrons. The van der Waals surface area contributed by atoms with E-state index in [0.717, 1.165) is 45.0 Å². The van der Waals surface area contributed by atoms with E-state index < -0.39 is 5.97 Å². The molecule has 58 heavy (non-hydrogen) atoms. The van der Waals surface area contributed by atoms with Gasteiger partial charge >= 0.3 is 0 Å². The van der Waals surface area contributed by atoms with Gasteiger partial charge in [0.25, 0.3) is 0 Å². The number of likely N-dealkylation sites (N-methyl/N-ethyl adjacent to an activating group) is 3. The standard InChI is InChI=1S/C42H42N6.C7H5O2.Ir/c1-43-20-23-46(29-43)36-18-16-32(17-19-36)37-10-4-5-11-38(37)33-26-34(39-12-6-8-14-41(39)47-24-21-44(2)30-47)28-35(27-33)40-13-7-9-15-42(40)48-25-22-45(3)31-48;8-7(9)6-4-2-1-3-5-6;/h4-18,26-31H,20-25H2,1-3H3;1-4H,(H,8,9);/q-4;-1;. The van der Waals surface area contributed by atoms with Crippen molar-refractivity contribution in [2.45, 2.75) is 0 Å². The Hall–Kier alpha value is -5.28. The number of hydrogen-bond acceptors (Lipinski definition) is 7. The molecule has 3 saturated heterocycles. The monoisotopic (exact) mass is 944 g/mol. The summed E-state index contributed by atoms with van der Waals surface area (Å²) in [5, 5.41) is 8.35. The minimum atomic E-state index is -0.935. The molecule has 0 aromatic heterocycles. The van der Waals surface area contributed by atoms with Gasteiger partial charge in [-0.15, -0.1) is 47.6 Å². The number of nitrogens with zero attached hydrogens (tertiary/aromatic N) is 6. The van der Waals surface area contributed by atoms with Crippen LogP contribution in [0.2, 0.25) is 0 Å². The van der Waals surface area contributed by atoms with Gasteiger partial charge in [0, 0.05) is 55.7 Å². The van der Waals surface area contributed by atoms with Gasteiger partial charge in [-0.25, -0.2) is 0 Å². The number of carboxylic acids is 1. The zero-order valence-electron chi connectivity index (χ0n) is 33.0. The molecular formula is C49H47IrN6O2-5. The van der Waals surface area contributed by atoms with E-state index in [-0.39, 0.29) is 25.7 Å². The number of aromatic carboxylic acids is 1. The summed E-state index contributed by atoms with van der Waals surface area (Å²) in [4.78, 5) is 23.9. The molecule has 9 heteroatoms. The van der Waals surface area contributed by atoms with Crippen LogP contribution in [-0.4, -0.2) is 86.2 Å². The fourth-order valence-corrected chi connectivity index (χ4v) is 7.71. The first-order chi connectivity index (χ1) is 27.8. The fraction of sp³-hybridized carbons (Fsp3) is 0.184. The summed E-state index contributed by atoms with van der Waals surface area (Å²) < 4.78 is 0. The van der Waals surface area contributed by atoms with Crippen LogP contribution in [0.4, 0.5) is 17.1 Å². The van der Waals surface area contributed by atoms with E-state index in [9.17, 15) is 4.79 Å². The number of benzene rings is 6. The molecule has 3 fully saturated rings. The zero-order valence-corrected chi connectivity index (χ0v) is 35.4. The molecule has 0 aliphatic carbocycles. The number of rotatable bonds is 8. The molecule has 299 valence electrons. The Labute approximate surface area is 356 Å². The molecule has 0 amide bonds. The minimum Gasteiger partial charge on any atom is -0.528 e. The third-order valence-corrected chi connectivity index (χ3v) is 10.7. The summed E-state index contributed by atoms with van der Waals surface area (Å²) in [5.41, 5.74) is 13.5. The molecule has 0 unspecified atom stereocenters. The fourth-order valence-electron chi connectivity index (χ4n) is 7.71.